The molecule has 0 fully saturated rings. The van der Waals surface area contributed by atoms with Crippen LogP contribution in [0.5, 0.6) is 5.75 Å². The monoisotopic (exact) mass is 490 g/mol. The molecule has 0 spiro atoms. The van der Waals surface area contributed by atoms with Crippen molar-refractivity contribution in [2.75, 3.05) is 11.7 Å². The molecule has 0 heterocycles. The van der Waals surface area contributed by atoms with Crippen LogP contribution in [0.15, 0.2) is 53.6 Å². The summed E-state index contributed by atoms with van der Waals surface area (Å²) in [6, 6.07) is 11.3. The van der Waals surface area contributed by atoms with Gasteiger partial charge in [0.25, 0.3) is 0 Å². The first-order valence-corrected chi connectivity index (χ1v) is 10.8. The highest BCUT2D eigenvalue weighted by Gasteiger charge is 2.26. The molecule has 0 aromatic heterocycles. The van der Waals surface area contributed by atoms with E-state index in [1.807, 2.05) is 5.43 Å². The number of hydrogen-bond acceptors (Lipinski definition) is 5. The Morgan fingerprint density at radius 2 is 1.25 bits per heavy atom. The summed E-state index contributed by atoms with van der Waals surface area (Å²) in [5.41, 5.74) is 1.23. The third-order valence-corrected chi connectivity index (χ3v) is 4.73. The molecule has 0 saturated heterocycles. The molecule has 0 atom stereocenters. The Morgan fingerprint density at radius 1 is 0.812 bits per heavy atom. The average Bonchev–Trinajstić information content (AvgIpc) is 2.74. The lowest BCUT2D eigenvalue weighted by Gasteiger charge is -2.11. The molecule has 1 N–H and O–H groups in total. The molecular formula is C20H12ClF5N2O3S. The third-order valence-electron chi connectivity index (χ3n) is 3.98. The van der Waals surface area contributed by atoms with Gasteiger partial charge >= 0.3 is 10.1 Å². The van der Waals surface area contributed by atoms with Gasteiger partial charge in [-0.2, -0.15) is 13.5 Å². The second-order valence-corrected chi connectivity index (χ2v) is 8.35. The first-order valence-electron chi connectivity index (χ1n) is 8.59. The maximum atomic E-state index is 14.0. The number of hydrogen-bond donors (Lipinski definition) is 1. The molecule has 3 aromatic carbocycles. The maximum absolute atomic E-state index is 14.0. The van der Waals surface area contributed by atoms with Crippen LogP contribution in [0.25, 0.3) is 0 Å². The van der Waals surface area contributed by atoms with Gasteiger partial charge in [0.05, 0.1) is 12.0 Å². The van der Waals surface area contributed by atoms with Crippen molar-refractivity contribution in [1.82, 2.24) is 0 Å². The van der Waals surface area contributed by atoms with E-state index >= 15 is 0 Å². The maximum Gasteiger partial charge on any atom is 0.306 e. The first-order chi connectivity index (χ1) is 15.0. The molecule has 0 unspecified atom stereocenters. The molecular weight excluding hydrogens is 479 g/mol. The van der Waals surface area contributed by atoms with Crippen molar-refractivity contribution in [3.8, 4) is 5.75 Å². The summed E-state index contributed by atoms with van der Waals surface area (Å²) >= 11 is 5.86. The fourth-order valence-corrected chi connectivity index (χ4v) is 3.15. The first kappa shape index (κ1) is 23.5. The van der Waals surface area contributed by atoms with E-state index in [0.717, 1.165) is 6.26 Å². The molecule has 0 saturated carbocycles. The van der Waals surface area contributed by atoms with Gasteiger partial charge in [0.2, 0.25) is 5.82 Å². The summed E-state index contributed by atoms with van der Waals surface area (Å²) in [5.74, 6) is -10.7. The second-order valence-electron chi connectivity index (χ2n) is 6.34. The average molecular weight is 491 g/mol. The third kappa shape index (κ3) is 5.17. The Kier molecular flexibility index (Phi) is 6.70. The summed E-state index contributed by atoms with van der Waals surface area (Å²) in [6.07, 6.45) is 0.857. The summed E-state index contributed by atoms with van der Waals surface area (Å²) in [6.45, 7) is 0. The number of benzene rings is 3. The Hall–Kier alpha value is -3.18. The number of anilines is 1. The zero-order valence-electron chi connectivity index (χ0n) is 16.0. The number of halogens is 6. The molecule has 5 nitrogen and oxygen atoms in total. The van der Waals surface area contributed by atoms with Crippen LogP contribution in [0.4, 0.5) is 27.6 Å². The molecule has 0 amide bonds. The van der Waals surface area contributed by atoms with Gasteiger partial charge in [-0.3, -0.25) is 5.43 Å². The quantitative estimate of drug-likeness (QED) is 0.128. The fraction of sp³-hybridized carbons (Fsp3) is 0.0500. The molecule has 0 bridgehead atoms. The van der Waals surface area contributed by atoms with Crippen molar-refractivity contribution in [2.45, 2.75) is 0 Å². The van der Waals surface area contributed by atoms with Gasteiger partial charge in [-0.05, 0) is 36.4 Å². The van der Waals surface area contributed by atoms with Crippen LogP contribution in [-0.2, 0) is 10.1 Å². The van der Waals surface area contributed by atoms with Crippen LogP contribution in [0.1, 0.15) is 11.1 Å². The lowest BCUT2D eigenvalue weighted by atomic mass is 10.0. The van der Waals surface area contributed by atoms with E-state index in [-0.39, 0.29) is 11.5 Å². The number of hydrazone groups is 1. The normalized spacial score (nSPS) is 12.0. The van der Waals surface area contributed by atoms with Gasteiger partial charge in [0.1, 0.15) is 11.4 Å². The van der Waals surface area contributed by atoms with Gasteiger partial charge in [-0.15, -0.1) is 0 Å². The minimum absolute atomic E-state index is 0.0144. The van der Waals surface area contributed by atoms with Crippen molar-refractivity contribution < 1.29 is 34.6 Å². The predicted molar refractivity (Wildman–Crippen MR) is 109 cm³/mol. The van der Waals surface area contributed by atoms with E-state index < -0.39 is 44.9 Å². The highest BCUT2D eigenvalue weighted by molar-refractivity contribution is 7.86. The summed E-state index contributed by atoms with van der Waals surface area (Å²) in [4.78, 5) is 0. The molecule has 32 heavy (non-hydrogen) atoms. The van der Waals surface area contributed by atoms with Crippen LogP contribution in [0, 0.1) is 29.1 Å². The van der Waals surface area contributed by atoms with Crippen LogP contribution < -0.4 is 9.61 Å². The van der Waals surface area contributed by atoms with Crippen molar-refractivity contribution >= 4 is 33.1 Å². The smallest absolute Gasteiger partial charge is 0.306 e. The molecule has 12 heteroatoms. The van der Waals surface area contributed by atoms with E-state index in [2.05, 4.69) is 5.10 Å². The van der Waals surface area contributed by atoms with Gasteiger partial charge in [-0.1, -0.05) is 23.7 Å². The van der Waals surface area contributed by atoms with Crippen LogP contribution in [0.3, 0.4) is 0 Å². The Morgan fingerprint density at radius 3 is 1.72 bits per heavy atom. The van der Waals surface area contributed by atoms with Crippen molar-refractivity contribution in [3.05, 3.63) is 93.8 Å². The summed E-state index contributed by atoms with van der Waals surface area (Å²) in [7, 11) is -3.78. The minimum atomic E-state index is -3.78. The van der Waals surface area contributed by atoms with Gasteiger partial charge in [0.15, 0.2) is 23.3 Å². The van der Waals surface area contributed by atoms with Gasteiger partial charge in [-0.25, -0.2) is 22.0 Å². The molecule has 0 aliphatic carbocycles. The fourth-order valence-electron chi connectivity index (χ4n) is 2.56. The topological polar surface area (TPSA) is 67.8 Å². The zero-order valence-corrected chi connectivity index (χ0v) is 17.5. The van der Waals surface area contributed by atoms with E-state index in [0.29, 0.717) is 16.1 Å². The highest BCUT2D eigenvalue weighted by Crippen LogP contribution is 2.27. The Labute approximate surface area is 184 Å². The van der Waals surface area contributed by atoms with E-state index in [1.165, 1.54) is 48.5 Å². The lowest BCUT2D eigenvalue weighted by Crippen LogP contribution is -2.11. The number of nitrogens with one attached hydrogen (secondary N) is 1. The van der Waals surface area contributed by atoms with Gasteiger partial charge < -0.3 is 4.18 Å². The van der Waals surface area contributed by atoms with Crippen LogP contribution in [0.2, 0.25) is 5.02 Å². The van der Waals surface area contributed by atoms with Gasteiger partial charge in [0, 0.05) is 16.1 Å². The largest absolute Gasteiger partial charge is 0.383 e. The standard InChI is InChI=1S/C20H12ClF5N2O3S/c1-32(29,30)31-13-8-4-11(5-9-13)19(10-2-6-12(21)7-3-10)27-28-20-17(25)15(23)14(22)16(24)18(20)26/h2-9,28H,1H3/b27-19+. The van der Waals surface area contributed by atoms with Crippen LogP contribution in [-0.4, -0.2) is 20.4 Å². The Balaban J connectivity index is 2.07. The molecule has 3 aromatic rings. The molecule has 0 aliphatic heterocycles. The Bertz CT molecular complexity index is 1270. The lowest BCUT2D eigenvalue weighted by molar-refractivity contribution is 0.381. The van der Waals surface area contributed by atoms with Crippen molar-refractivity contribution in [3.63, 3.8) is 0 Å². The second kappa shape index (κ2) is 9.13. The SMILES string of the molecule is CS(=O)(=O)Oc1ccc(/C(=N/Nc2c(F)c(F)c(F)c(F)c2F)c2ccc(Cl)cc2)cc1. The van der Waals surface area contributed by atoms with E-state index in [9.17, 15) is 30.4 Å². The van der Waals surface area contributed by atoms with E-state index in [4.69, 9.17) is 15.8 Å². The molecule has 0 radical (unpaired) electrons. The zero-order chi connectivity index (χ0) is 23.6. The van der Waals surface area contributed by atoms with Crippen molar-refractivity contribution in [2.24, 2.45) is 5.10 Å². The molecule has 0 aliphatic rings. The molecule has 3 rings (SSSR count). The van der Waals surface area contributed by atoms with Crippen LogP contribution >= 0.6 is 11.6 Å². The van der Waals surface area contributed by atoms with Crippen molar-refractivity contribution in [1.29, 1.82) is 0 Å². The number of nitrogens with zero attached hydrogens (tertiary/aromatic N) is 1. The summed E-state index contributed by atoms with van der Waals surface area (Å²) < 4.78 is 95.4. The molecule has 168 valence electrons. The van der Waals surface area contributed by atoms with E-state index in [1.54, 1.807) is 0 Å². The minimum Gasteiger partial charge on any atom is -0.383 e. The predicted octanol–water partition coefficient (Wildman–Crippen LogP) is 5.24. The number of rotatable bonds is 6. The highest BCUT2D eigenvalue weighted by atomic mass is 35.5. The summed E-state index contributed by atoms with van der Waals surface area (Å²) in [5, 5.41) is 4.20.